The number of halogens is 3. The van der Waals surface area contributed by atoms with Gasteiger partial charge in [0.1, 0.15) is 29.6 Å². The second-order valence-electron chi connectivity index (χ2n) is 18.5. The smallest absolute Gasteiger partial charge is 0.245 e. The van der Waals surface area contributed by atoms with E-state index in [9.17, 15) is 28.0 Å². The maximum atomic E-state index is 15.6. The van der Waals surface area contributed by atoms with E-state index in [1.807, 2.05) is 51.0 Å². The van der Waals surface area contributed by atoms with Crippen LogP contribution in [0.4, 0.5) is 13.2 Å². The van der Waals surface area contributed by atoms with E-state index in [2.05, 4.69) is 29.5 Å². The summed E-state index contributed by atoms with van der Waals surface area (Å²) in [5, 5.41) is 6.65. The fourth-order valence-corrected chi connectivity index (χ4v) is 9.20. The third kappa shape index (κ3) is 9.39. The highest BCUT2D eigenvalue weighted by molar-refractivity contribution is 5.93. The molecule has 2 aliphatic heterocycles. The van der Waals surface area contributed by atoms with Gasteiger partial charge in [-0.3, -0.25) is 19.2 Å². The first-order valence-electron chi connectivity index (χ1n) is 22.1. The van der Waals surface area contributed by atoms with E-state index in [1.54, 1.807) is 31.0 Å². The molecule has 0 saturated carbocycles. The molecule has 61 heavy (non-hydrogen) atoms. The second kappa shape index (κ2) is 18.7. The van der Waals surface area contributed by atoms with Crippen LogP contribution in [0.25, 0.3) is 33.5 Å². The lowest BCUT2D eigenvalue weighted by atomic mass is 9.87. The second-order valence-corrected chi connectivity index (χ2v) is 18.5. The highest BCUT2D eigenvalue weighted by Crippen LogP contribution is 2.39. The molecule has 2 aromatic heterocycles. The molecule has 0 aliphatic carbocycles. The number of carbonyl (C=O) groups is 4. The number of aromatic nitrogens is 3. The average Bonchev–Trinajstić information content (AvgIpc) is 3.95. The predicted octanol–water partition coefficient (Wildman–Crippen LogP) is 7.45. The zero-order valence-corrected chi connectivity index (χ0v) is 37.3. The Hall–Kier alpha value is -4.72. The van der Waals surface area contributed by atoms with Gasteiger partial charge in [0.2, 0.25) is 17.7 Å². The summed E-state index contributed by atoms with van der Waals surface area (Å²) in [6.45, 7) is 18.0. The molecular weight excluding hydrogens is 784 g/mol. The molecule has 332 valence electrons. The quantitative estimate of drug-likeness (QED) is 0.107. The molecule has 0 spiro atoms. The van der Waals surface area contributed by atoms with Crippen LogP contribution in [-0.4, -0.2) is 98.3 Å². The van der Waals surface area contributed by atoms with Crippen molar-refractivity contribution in [1.82, 2.24) is 35.0 Å². The monoisotopic (exact) mass is 847 g/mol. The van der Waals surface area contributed by atoms with Gasteiger partial charge in [-0.05, 0) is 86.4 Å². The van der Waals surface area contributed by atoms with Crippen molar-refractivity contribution in [3.8, 4) is 11.5 Å². The van der Waals surface area contributed by atoms with Crippen molar-refractivity contribution in [2.75, 3.05) is 20.1 Å². The lowest BCUT2D eigenvalue weighted by Gasteiger charge is -2.33. The normalized spacial score (nSPS) is 22.7. The minimum atomic E-state index is -1.29. The molecule has 6 rings (SSSR count). The molecule has 0 bridgehead atoms. The number of nitrogens with one attached hydrogen (secondary N) is 3. The molecule has 11 nitrogen and oxygen atoms in total. The van der Waals surface area contributed by atoms with Crippen molar-refractivity contribution < 1.29 is 32.3 Å². The Morgan fingerprint density at radius 1 is 0.918 bits per heavy atom. The molecule has 2 fully saturated rings. The van der Waals surface area contributed by atoms with Crippen LogP contribution in [0.15, 0.2) is 36.4 Å². The van der Waals surface area contributed by atoms with Crippen LogP contribution in [0.2, 0.25) is 0 Å². The molecule has 9 atom stereocenters. The number of likely N-dealkylation sites (tertiary alicyclic amines) is 2. The molecule has 3 N–H and O–H groups in total. The van der Waals surface area contributed by atoms with E-state index in [0.29, 0.717) is 52.0 Å². The van der Waals surface area contributed by atoms with Crippen LogP contribution >= 0.6 is 0 Å². The molecule has 2 aromatic carbocycles. The fourth-order valence-electron chi connectivity index (χ4n) is 9.20. The van der Waals surface area contributed by atoms with Crippen LogP contribution in [0.1, 0.15) is 87.1 Å². The van der Waals surface area contributed by atoms with Crippen LogP contribution in [0.5, 0.6) is 0 Å². The van der Waals surface area contributed by atoms with Crippen molar-refractivity contribution in [2.24, 2.45) is 35.5 Å². The molecule has 3 amide bonds. The number of imidazole rings is 1. The first-order chi connectivity index (χ1) is 28.8. The summed E-state index contributed by atoms with van der Waals surface area (Å²) < 4.78 is 47.3. The lowest BCUT2D eigenvalue weighted by molar-refractivity contribution is -0.140. The van der Waals surface area contributed by atoms with Gasteiger partial charge in [0, 0.05) is 60.8 Å². The van der Waals surface area contributed by atoms with Crippen molar-refractivity contribution >= 4 is 45.4 Å². The van der Waals surface area contributed by atoms with Crippen LogP contribution < -0.4 is 10.6 Å². The number of alkyl halides is 1. The number of aromatic amines is 1. The van der Waals surface area contributed by atoms with Gasteiger partial charge in [0.25, 0.3) is 0 Å². The number of H-pyrrole nitrogens is 1. The van der Waals surface area contributed by atoms with E-state index >= 15 is 4.39 Å². The highest BCUT2D eigenvalue weighted by Gasteiger charge is 2.44. The number of benzene rings is 2. The van der Waals surface area contributed by atoms with Crippen molar-refractivity contribution in [2.45, 2.75) is 125 Å². The zero-order chi connectivity index (χ0) is 44.6. The largest absolute Gasteiger partial charge is 0.352 e. The van der Waals surface area contributed by atoms with Gasteiger partial charge in [-0.25, -0.2) is 18.2 Å². The SMILES string of the molecule is CC[C@@H](C)C(=O)N[C@H](C(=O)N1C[C@H](C)[C@H](C)[C@H]1Cn1c(-c2[nH]c3cc(F)ccc3c2C[C@@H]2C[C@H](F)CN2C(=O)[C@@H](CC(=O)[C@H](C)NC)C(C)C)nc2cc(F)ccc21)C(C)C. The Bertz CT molecular complexity index is 2250. The summed E-state index contributed by atoms with van der Waals surface area (Å²) >= 11 is 0. The van der Waals surface area contributed by atoms with E-state index < -0.39 is 41.8 Å². The Morgan fingerprint density at radius 3 is 2.26 bits per heavy atom. The predicted molar refractivity (Wildman–Crippen MR) is 232 cm³/mol. The molecule has 2 saturated heterocycles. The van der Waals surface area contributed by atoms with Gasteiger partial charge in [0.05, 0.1) is 35.4 Å². The maximum absolute atomic E-state index is 15.6. The number of rotatable bonds is 16. The number of hydrogen-bond acceptors (Lipinski definition) is 6. The average molecular weight is 848 g/mol. The molecule has 0 radical (unpaired) electrons. The van der Waals surface area contributed by atoms with Gasteiger partial charge in [-0.15, -0.1) is 0 Å². The zero-order valence-electron chi connectivity index (χ0n) is 37.3. The van der Waals surface area contributed by atoms with Gasteiger partial charge in [-0.1, -0.05) is 55.4 Å². The number of fused-ring (bicyclic) bond motifs is 2. The summed E-state index contributed by atoms with van der Waals surface area (Å²) in [4.78, 5) is 66.9. The number of amides is 3. The Labute approximate surface area is 357 Å². The molecule has 2 aliphatic rings. The summed E-state index contributed by atoms with van der Waals surface area (Å²) in [6.07, 6.45) is -0.345. The number of Topliss-reactive ketones (excluding diaryl/α,β-unsaturated/α-hetero) is 1. The van der Waals surface area contributed by atoms with Crippen LogP contribution in [0.3, 0.4) is 0 Å². The topological polar surface area (TPSA) is 132 Å². The van der Waals surface area contributed by atoms with E-state index in [1.165, 1.54) is 24.3 Å². The number of hydrogen-bond donors (Lipinski definition) is 3. The minimum Gasteiger partial charge on any atom is -0.352 e. The summed E-state index contributed by atoms with van der Waals surface area (Å²) in [7, 11) is 1.69. The summed E-state index contributed by atoms with van der Waals surface area (Å²) in [6, 6.07) is 6.69. The van der Waals surface area contributed by atoms with Gasteiger partial charge >= 0.3 is 0 Å². The number of likely N-dealkylation sites (N-methyl/N-ethyl adjacent to an activating group) is 1. The summed E-state index contributed by atoms with van der Waals surface area (Å²) in [5.41, 5.74) is 2.69. The number of ketones is 1. The molecule has 4 aromatic rings. The Balaban J connectivity index is 1.43. The lowest BCUT2D eigenvalue weighted by Crippen LogP contribution is -2.54. The van der Waals surface area contributed by atoms with Crippen molar-refractivity contribution in [1.29, 1.82) is 0 Å². The standard InChI is InChI=1S/C47H64F3N7O4/c1-11-26(6)45(59)54-42(25(4)5)47(61)57-21-27(7)28(8)40(57)23-56-39-15-13-31(49)18-38(39)53-44(56)43-36(34-14-12-30(48)17-37(34)52-43)19-33-16-32(50)22-55(33)46(60)35(24(2)3)20-41(58)29(9)51-10/h12-15,17-18,24-29,32-33,35,40,42,51-52H,11,16,19-23H2,1-10H3,(H,54,59)/t26-,27+,28+,29+,32+,33+,35+,40-,42+/m1/s1. The highest BCUT2D eigenvalue weighted by atomic mass is 19.1. The van der Waals surface area contributed by atoms with Gasteiger partial charge in [0.15, 0.2) is 5.82 Å². The van der Waals surface area contributed by atoms with E-state index in [-0.39, 0.29) is 91.5 Å². The fraction of sp³-hybridized carbons (Fsp3) is 0.596. The van der Waals surface area contributed by atoms with Crippen LogP contribution in [-0.2, 0) is 32.1 Å². The van der Waals surface area contributed by atoms with Crippen molar-refractivity contribution in [3.63, 3.8) is 0 Å². The Kier molecular flexibility index (Phi) is 14.1. The molecule has 0 unspecified atom stereocenters. The molecule has 4 heterocycles. The first kappa shape index (κ1) is 45.8. The van der Waals surface area contributed by atoms with Crippen LogP contribution in [0, 0.1) is 47.1 Å². The summed E-state index contributed by atoms with van der Waals surface area (Å²) in [5.74, 6) is -2.32. The third-order valence-electron chi connectivity index (χ3n) is 13.7. The minimum absolute atomic E-state index is 0.0246. The molecular formula is C47H64F3N7O4. The van der Waals surface area contributed by atoms with E-state index in [0.717, 1.165) is 0 Å². The Morgan fingerprint density at radius 2 is 1.61 bits per heavy atom. The van der Waals surface area contributed by atoms with Gasteiger partial charge < -0.3 is 30.0 Å². The van der Waals surface area contributed by atoms with Crippen molar-refractivity contribution in [3.05, 3.63) is 53.6 Å². The third-order valence-corrected chi connectivity index (χ3v) is 13.7. The van der Waals surface area contributed by atoms with E-state index in [4.69, 9.17) is 4.98 Å². The van der Waals surface area contributed by atoms with Gasteiger partial charge in [-0.2, -0.15) is 0 Å². The molecule has 14 heteroatoms. The maximum Gasteiger partial charge on any atom is 0.245 e. The number of carbonyl (C=O) groups excluding carboxylic acids is 4. The first-order valence-corrected chi connectivity index (χ1v) is 22.1. The number of nitrogens with zero attached hydrogens (tertiary/aromatic N) is 4.